The number of benzene rings is 2. The summed E-state index contributed by atoms with van der Waals surface area (Å²) in [5.74, 6) is -0.718. The van der Waals surface area contributed by atoms with Gasteiger partial charge in [0.2, 0.25) is 0 Å². The van der Waals surface area contributed by atoms with Gasteiger partial charge < -0.3 is 20.1 Å². The fourth-order valence-corrected chi connectivity index (χ4v) is 2.63. The monoisotopic (exact) mass is 356 g/mol. The van der Waals surface area contributed by atoms with Gasteiger partial charge in [0.15, 0.2) is 0 Å². The molecule has 6 heteroatoms. The zero-order chi connectivity index (χ0) is 19.1. The number of rotatable bonds is 6. The maximum absolute atomic E-state index is 12.2. The molecule has 0 spiro atoms. The van der Waals surface area contributed by atoms with E-state index in [9.17, 15) is 9.59 Å². The van der Waals surface area contributed by atoms with Crippen LogP contribution < -0.4 is 15.4 Å². The van der Waals surface area contributed by atoms with Crippen molar-refractivity contribution in [2.75, 3.05) is 26.1 Å². The van der Waals surface area contributed by atoms with Crippen molar-refractivity contribution >= 4 is 17.5 Å². The van der Waals surface area contributed by atoms with E-state index >= 15 is 0 Å². The van der Waals surface area contributed by atoms with Crippen LogP contribution in [0.25, 0.3) is 0 Å². The van der Waals surface area contributed by atoms with Crippen molar-refractivity contribution in [2.45, 2.75) is 20.0 Å². The second kappa shape index (κ2) is 9.01. The summed E-state index contributed by atoms with van der Waals surface area (Å²) >= 11 is 0. The average Bonchev–Trinajstić information content (AvgIpc) is 2.65. The van der Waals surface area contributed by atoms with Crippen molar-refractivity contribution < 1.29 is 19.1 Å². The van der Waals surface area contributed by atoms with Gasteiger partial charge >= 0.3 is 11.8 Å². The van der Waals surface area contributed by atoms with E-state index in [2.05, 4.69) is 10.6 Å². The Morgan fingerprint density at radius 1 is 1.00 bits per heavy atom. The van der Waals surface area contributed by atoms with E-state index in [0.29, 0.717) is 11.4 Å². The predicted octanol–water partition coefficient (Wildman–Crippen LogP) is 2.75. The third-order valence-electron chi connectivity index (χ3n) is 4.12. The van der Waals surface area contributed by atoms with Gasteiger partial charge in [0, 0.05) is 19.3 Å². The predicted molar refractivity (Wildman–Crippen MR) is 100 cm³/mol. The van der Waals surface area contributed by atoms with Crippen LogP contribution in [-0.4, -0.2) is 32.6 Å². The highest BCUT2D eigenvalue weighted by Crippen LogP contribution is 2.21. The van der Waals surface area contributed by atoms with Crippen molar-refractivity contribution in [3.63, 3.8) is 0 Å². The van der Waals surface area contributed by atoms with Gasteiger partial charge in [0.25, 0.3) is 0 Å². The highest BCUT2D eigenvalue weighted by molar-refractivity contribution is 6.39. The highest BCUT2D eigenvalue weighted by Gasteiger charge is 2.18. The van der Waals surface area contributed by atoms with E-state index in [-0.39, 0.29) is 12.6 Å². The Kier molecular flexibility index (Phi) is 6.74. The lowest BCUT2D eigenvalue weighted by Crippen LogP contribution is -2.38. The van der Waals surface area contributed by atoms with E-state index in [1.165, 1.54) is 0 Å². The van der Waals surface area contributed by atoms with E-state index in [0.717, 1.165) is 16.7 Å². The summed E-state index contributed by atoms with van der Waals surface area (Å²) in [4.78, 5) is 24.3. The Balaban J connectivity index is 1.98. The fourth-order valence-electron chi connectivity index (χ4n) is 2.63. The lowest BCUT2D eigenvalue weighted by atomic mass is 10.1. The van der Waals surface area contributed by atoms with Crippen molar-refractivity contribution in [1.82, 2.24) is 5.32 Å². The molecule has 2 aromatic carbocycles. The zero-order valence-corrected chi connectivity index (χ0v) is 15.5. The van der Waals surface area contributed by atoms with Gasteiger partial charge in [-0.2, -0.15) is 0 Å². The molecule has 0 saturated carbocycles. The molecule has 0 heterocycles. The Bertz CT molecular complexity index is 769. The first kappa shape index (κ1) is 19.5. The molecule has 2 aromatic rings. The smallest absolute Gasteiger partial charge is 0.313 e. The van der Waals surface area contributed by atoms with Crippen LogP contribution in [0.4, 0.5) is 5.69 Å². The average molecular weight is 356 g/mol. The molecule has 2 N–H and O–H groups in total. The van der Waals surface area contributed by atoms with Crippen molar-refractivity contribution in [3.05, 3.63) is 59.2 Å². The second-order valence-corrected chi connectivity index (χ2v) is 5.93. The Hall–Kier alpha value is -2.86. The largest absolute Gasteiger partial charge is 0.497 e. The minimum absolute atomic E-state index is 0.169. The molecular weight excluding hydrogens is 332 g/mol. The van der Waals surface area contributed by atoms with Crippen molar-refractivity contribution in [2.24, 2.45) is 0 Å². The molecule has 0 aliphatic rings. The van der Waals surface area contributed by atoms with Crippen LogP contribution >= 0.6 is 0 Å². The molecule has 0 aromatic heterocycles. The molecule has 0 radical (unpaired) electrons. The molecule has 0 aliphatic carbocycles. The number of carbonyl (C=O) groups excluding carboxylic acids is 2. The molecule has 0 fully saturated rings. The number of methoxy groups -OCH3 is 2. The Labute approximate surface area is 153 Å². The summed E-state index contributed by atoms with van der Waals surface area (Å²) in [6.07, 6.45) is -0.387. The van der Waals surface area contributed by atoms with Crippen LogP contribution in [0.3, 0.4) is 0 Å². The topological polar surface area (TPSA) is 76.7 Å². The first-order chi connectivity index (χ1) is 12.5. The van der Waals surface area contributed by atoms with Crippen LogP contribution in [0.15, 0.2) is 42.5 Å². The third-order valence-corrected chi connectivity index (χ3v) is 4.12. The molecule has 2 rings (SSSR count). The Morgan fingerprint density at radius 2 is 1.65 bits per heavy atom. The van der Waals surface area contributed by atoms with E-state index in [1.54, 1.807) is 14.2 Å². The zero-order valence-electron chi connectivity index (χ0n) is 15.5. The lowest BCUT2D eigenvalue weighted by Gasteiger charge is -2.17. The minimum atomic E-state index is -0.711. The summed E-state index contributed by atoms with van der Waals surface area (Å²) in [6, 6.07) is 13.0. The van der Waals surface area contributed by atoms with Gasteiger partial charge in [-0.3, -0.25) is 9.59 Å². The number of hydrogen-bond donors (Lipinski definition) is 2. The Morgan fingerprint density at radius 3 is 2.27 bits per heavy atom. The standard InChI is InChI=1S/C20H24N2O4/c1-13-7-5-8-14(2)18(13)22-20(24)19(23)21-12-17(26-4)15-9-6-10-16(11-15)25-3/h5-11,17H,12H2,1-4H3,(H,21,23)(H,22,24). The fraction of sp³-hybridized carbons (Fsp3) is 0.300. The number of nitrogens with one attached hydrogen (secondary N) is 2. The lowest BCUT2D eigenvalue weighted by molar-refractivity contribution is -0.136. The molecule has 2 amide bonds. The van der Waals surface area contributed by atoms with Gasteiger partial charge in [0.05, 0.1) is 13.2 Å². The number of hydrogen-bond acceptors (Lipinski definition) is 4. The molecule has 26 heavy (non-hydrogen) atoms. The van der Waals surface area contributed by atoms with Crippen LogP contribution in [0.5, 0.6) is 5.75 Å². The van der Waals surface area contributed by atoms with Crippen LogP contribution in [0.2, 0.25) is 0 Å². The maximum atomic E-state index is 12.2. The summed E-state index contributed by atoms with van der Waals surface area (Å²) < 4.78 is 10.6. The highest BCUT2D eigenvalue weighted by atomic mass is 16.5. The van der Waals surface area contributed by atoms with Gasteiger partial charge in [-0.05, 0) is 42.7 Å². The molecule has 6 nitrogen and oxygen atoms in total. The normalized spacial score (nSPS) is 11.5. The summed E-state index contributed by atoms with van der Waals surface area (Å²) in [5, 5.41) is 5.28. The number of para-hydroxylation sites is 1. The number of anilines is 1. The quantitative estimate of drug-likeness (QED) is 0.781. The van der Waals surface area contributed by atoms with E-state index < -0.39 is 11.8 Å². The van der Waals surface area contributed by atoms with Gasteiger partial charge in [-0.15, -0.1) is 0 Å². The molecular formula is C20H24N2O4. The molecule has 1 unspecified atom stereocenters. The van der Waals surface area contributed by atoms with E-state index in [4.69, 9.17) is 9.47 Å². The number of amides is 2. The first-order valence-corrected chi connectivity index (χ1v) is 8.28. The van der Waals surface area contributed by atoms with Crippen LogP contribution in [-0.2, 0) is 14.3 Å². The van der Waals surface area contributed by atoms with Crippen molar-refractivity contribution in [3.8, 4) is 5.75 Å². The molecule has 0 saturated heterocycles. The van der Waals surface area contributed by atoms with Gasteiger partial charge in [0.1, 0.15) is 5.75 Å². The van der Waals surface area contributed by atoms with Gasteiger partial charge in [-0.1, -0.05) is 30.3 Å². The van der Waals surface area contributed by atoms with Crippen molar-refractivity contribution in [1.29, 1.82) is 0 Å². The first-order valence-electron chi connectivity index (χ1n) is 8.28. The van der Waals surface area contributed by atoms with Gasteiger partial charge in [-0.25, -0.2) is 0 Å². The second-order valence-electron chi connectivity index (χ2n) is 5.93. The molecule has 0 bridgehead atoms. The molecule has 138 valence electrons. The van der Waals surface area contributed by atoms with Crippen LogP contribution in [0.1, 0.15) is 22.8 Å². The van der Waals surface area contributed by atoms with Crippen LogP contribution in [0, 0.1) is 13.8 Å². The number of aryl methyl sites for hydroxylation is 2. The molecule has 0 aliphatic heterocycles. The summed E-state index contributed by atoms with van der Waals surface area (Å²) in [7, 11) is 3.13. The number of ether oxygens (including phenoxy) is 2. The van der Waals surface area contributed by atoms with E-state index in [1.807, 2.05) is 56.3 Å². The third kappa shape index (κ3) is 4.83. The number of carbonyl (C=O) groups is 2. The summed E-state index contributed by atoms with van der Waals surface area (Å²) in [5.41, 5.74) is 3.31. The maximum Gasteiger partial charge on any atom is 0.313 e. The minimum Gasteiger partial charge on any atom is -0.497 e. The summed E-state index contributed by atoms with van der Waals surface area (Å²) in [6.45, 7) is 3.93. The molecule has 1 atom stereocenters. The SMILES string of the molecule is COc1cccc(C(CNC(=O)C(=O)Nc2c(C)cccc2C)OC)c1.